The molecular formula is C14H13N3. The molecule has 0 amide bonds. The molecule has 0 aliphatic carbocycles. The van der Waals surface area contributed by atoms with Gasteiger partial charge in [0.05, 0.1) is 11.6 Å². The monoisotopic (exact) mass is 223 g/mol. The van der Waals surface area contributed by atoms with E-state index >= 15 is 0 Å². The van der Waals surface area contributed by atoms with Crippen LogP contribution in [0.1, 0.15) is 24.1 Å². The number of hydrogen-bond donors (Lipinski definition) is 1. The highest BCUT2D eigenvalue weighted by Gasteiger charge is 2.06. The van der Waals surface area contributed by atoms with Gasteiger partial charge in [0.15, 0.2) is 0 Å². The molecule has 0 aliphatic heterocycles. The van der Waals surface area contributed by atoms with Crippen LogP contribution in [0.2, 0.25) is 0 Å². The molecule has 1 heterocycles. The van der Waals surface area contributed by atoms with Crippen LogP contribution in [-0.2, 0) is 0 Å². The highest BCUT2D eigenvalue weighted by Crippen LogP contribution is 2.18. The molecule has 2 aromatic rings. The van der Waals surface area contributed by atoms with Crippen LogP contribution >= 0.6 is 0 Å². The molecule has 0 saturated carbocycles. The van der Waals surface area contributed by atoms with Gasteiger partial charge in [-0.3, -0.25) is 0 Å². The first-order valence-electron chi connectivity index (χ1n) is 5.47. The van der Waals surface area contributed by atoms with Gasteiger partial charge in [-0.15, -0.1) is 0 Å². The van der Waals surface area contributed by atoms with E-state index in [1.165, 1.54) is 0 Å². The minimum absolute atomic E-state index is 0.123. The van der Waals surface area contributed by atoms with Gasteiger partial charge < -0.3 is 5.32 Å². The second-order valence-electron chi connectivity index (χ2n) is 3.82. The average Bonchev–Trinajstić information content (AvgIpc) is 2.40. The molecule has 0 radical (unpaired) electrons. The highest BCUT2D eigenvalue weighted by atomic mass is 15.0. The van der Waals surface area contributed by atoms with Crippen LogP contribution in [0.15, 0.2) is 48.7 Å². The van der Waals surface area contributed by atoms with Gasteiger partial charge in [0, 0.05) is 12.2 Å². The topological polar surface area (TPSA) is 48.7 Å². The highest BCUT2D eigenvalue weighted by molar-refractivity contribution is 5.40. The smallest absolute Gasteiger partial charge is 0.126 e. The van der Waals surface area contributed by atoms with Crippen molar-refractivity contribution in [1.82, 2.24) is 4.98 Å². The molecule has 3 heteroatoms. The largest absolute Gasteiger partial charge is 0.364 e. The van der Waals surface area contributed by atoms with Crippen molar-refractivity contribution in [3.63, 3.8) is 0 Å². The van der Waals surface area contributed by atoms with Gasteiger partial charge in [-0.25, -0.2) is 4.98 Å². The van der Waals surface area contributed by atoms with E-state index in [9.17, 15) is 0 Å². The Balaban J connectivity index is 2.15. The van der Waals surface area contributed by atoms with Crippen molar-refractivity contribution in [2.45, 2.75) is 13.0 Å². The molecule has 1 aromatic carbocycles. The number of nitrogens with one attached hydrogen (secondary N) is 1. The minimum Gasteiger partial charge on any atom is -0.364 e. The van der Waals surface area contributed by atoms with E-state index in [-0.39, 0.29) is 6.04 Å². The quantitative estimate of drug-likeness (QED) is 0.869. The molecule has 1 aromatic heterocycles. The maximum Gasteiger partial charge on any atom is 0.126 e. The average molecular weight is 223 g/mol. The van der Waals surface area contributed by atoms with Crippen molar-refractivity contribution in [3.8, 4) is 6.07 Å². The summed E-state index contributed by atoms with van der Waals surface area (Å²) in [7, 11) is 0. The van der Waals surface area contributed by atoms with Crippen LogP contribution in [-0.4, -0.2) is 4.98 Å². The van der Waals surface area contributed by atoms with Gasteiger partial charge in [-0.05, 0) is 36.8 Å². The van der Waals surface area contributed by atoms with E-state index in [4.69, 9.17) is 5.26 Å². The third-order valence-corrected chi connectivity index (χ3v) is 2.55. The SMILES string of the molecule is CC(Nc1ccccn1)c1cccc(C#N)c1. The second kappa shape index (κ2) is 5.13. The van der Waals surface area contributed by atoms with Gasteiger partial charge in [-0.2, -0.15) is 5.26 Å². The Morgan fingerprint density at radius 3 is 2.82 bits per heavy atom. The predicted molar refractivity (Wildman–Crippen MR) is 67.4 cm³/mol. The molecule has 0 aliphatic rings. The maximum atomic E-state index is 8.85. The zero-order valence-electron chi connectivity index (χ0n) is 9.59. The van der Waals surface area contributed by atoms with Crippen molar-refractivity contribution in [3.05, 3.63) is 59.8 Å². The first kappa shape index (κ1) is 11.2. The third-order valence-electron chi connectivity index (χ3n) is 2.55. The molecule has 17 heavy (non-hydrogen) atoms. The fourth-order valence-corrected chi connectivity index (χ4v) is 1.63. The van der Waals surface area contributed by atoms with E-state index in [0.29, 0.717) is 5.56 Å². The van der Waals surface area contributed by atoms with Gasteiger partial charge in [0.1, 0.15) is 5.82 Å². The molecule has 0 fully saturated rings. The number of anilines is 1. The summed E-state index contributed by atoms with van der Waals surface area (Å²) in [6.07, 6.45) is 1.75. The van der Waals surface area contributed by atoms with Gasteiger partial charge in [-0.1, -0.05) is 18.2 Å². The first-order chi connectivity index (χ1) is 8.29. The molecular weight excluding hydrogens is 210 g/mol. The summed E-state index contributed by atoms with van der Waals surface area (Å²) >= 11 is 0. The van der Waals surface area contributed by atoms with Crippen molar-refractivity contribution in [2.24, 2.45) is 0 Å². The number of nitrogens with zero attached hydrogens (tertiary/aromatic N) is 2. The van der Waals surface area contributed by atoms with E-state index in [2.05, 4.69) is 16.4 Å². The van der Waals surface area contributed by atoms with Crippen LogP contribution in [0.5, 0.6) is 0 Å². The molecule has 3 nitrogen and oxygen atoms in total. The lowest BCUT2D eigenvalue weighted by molar-refractivity contribution is 0.874. The van der Waals surface area contributed by atoms with Gasteiger partial charge in [0.2, 0.25) is 0 Å². The Kier molecular flexibility index (Phi) is 3.37. The summed E-state index contributed by atoms with van der Waals surface area (Å²) < 4.78 is 0. The van der Waals surface area contributed by atoms with Crippen LogP contribution in [0.3, 0.4) is 0 Å². The van der Waals surface area contributed by atoms with Crippen LogP contribution in [0.25, 0.3) is 0 Å². The minimum atomic E-state index is 0.123. The number of rotatable bonds is 3. The summed E-state index contributed by atoms with van der Waals surface area (Å²) in [5.74, 6) is 0.836. The van der Waals surface area contributed by atoms with Crippen molar-refractivity contribution >= 4 is 5.82 Å². The van der Waals surface area contributed by atoms with Crippen LogP contribution < -0.4 is 5.32 Å². The molecule has 2 rings (SSSR count). The molecule has 1 unspecified atom stereocenters. The van der Waals surface area contributed by atoms with Crippen molar-refractivity contribution in [2.75, 3.05) is 5.32 Å². The molecule has 0 spiro atoms. The van der Waals surface area contributed by atoms with Crippen LogP contribution in [0, 0.1) is 11.3 Å². The summed E-state index contributed by atoms with van der Waals surface area (Å²) in [4.78, 5) is 4.21. The normalized spacial score (nSPS) is 11.5. The van der Waals surface area contributed by atoms with Gasteiger partial charge >= 0.3 is 0 Å². The standard InChI is InChI=1S/C14H13N3/c1-11(17-14-7-2-3-8-16-14)13-6-4-5-12(9-13)10-15/h2-9,11H,1H3,(H,16,17). The van der Waals surface area contributed by atoms with Gasteiger partial charge in [0.25, 0.3) is 0 Å². The number of aromatic nitrogens is 1. The van der Waals surface area contributed by atoms with Crippen LogP contribution in [0.4, 0.5) is 5.82 Å². The zero-order valence-corrected chi connectivity index (χ0v) is 9.59. The lowest BCUT2D eigenvalue weighted by Crippen LogP contribution is -2.07. The summed E-state index contributed by atoms with van der Waals surface area (Å²) in [6, 6.07) is 15.6. The zero-order chi connectivity index (χ0) is 12.1. The number of pyridine rings is 1. The fourth-order valence-electron chi connectivity index (χ4n) is 1.63. The molecule has 1 N–H and O–H groups in total. The van der Waals surface area contributed by atoms with Crippen molar-refractivity contribution in [1.29, 1.82) is 5.26 Å². The first-order valence-corrected chi connectivity index (χ1v) is 5.47. The Morgan fingerprint density at radius 2 is 2.12 bits per heavy atom. The van der Waals surface area contributed by atoms with E-state index in [1.54, 1.807) is 12.3 Å². The van der Waals surface area contributed by atoms with Crippen molar-refractivity contribution < 1.29 is 0 Å². The molecule has 1 atom stereocenters. The predicted octanol–water partition coefficient (Wildman–Crippen LogP) is 3.13. The number of hydrogen-bond acceptors (Lipinski definition) is 3. The Labute approximate surface area is 101 Å². The molecule has 84 valence electrons. The third kappa shape index (κ3) is 2.82. The summed E-state index contributed by atoms with van der Waals surface area (Å²) in [6.45, 7) is 2.05. The van der Waals surface area contributed by atoms with E-state index in [0.717, 1.165) is 11.4 Å². The summed E-state index contributed by atoms with van der Waals surface area (Å²) in [5.41, 5.74) is 1.76. The van der Waals surface area contributed by atoms with E-state index < -0.39 is 0 Å². The lowest BCUT2D eigenvalue weighted by Gasteiger charge is -2.14. The lowest BCUT2D eigenvalue weighted by atomic mass is 10.1. The second-order valence-corrected chi connectivity index (χ2v) is 3.82. The number of benzene rings is 1. The Bertz CT molecular complexity index is 529. The van der Waals surface area contributed by atoms with E-state index in [1.807, 2.05) is 43.3 Å². The molecule has 0 saturated heterocycles. The summed E-state index contributed by atoms with van der Waals surface area (Å²) in [5, 5.41) is 12.1. The maximum absolute atomic E-state index is 8.85. The Hall–Kier alpha value is -2.34. The number of nitriles is 1. The fraction of sp³-hybridized carbons (Fsp3) is 0.143. The molecule has 0 bridgehead atoms. The Morgan fingerprint density at radius 1 is 1.24 bits per heavy atom.